The normalized spacial score (nSPS) is 16.7. The Hall–Kier alpha value is -1.90. The molecule has 1 N–H and O–H groups in total. The molecule has 0 unspecified atom stereocenters. The van der Waals surface area contributed by atoms with Crippen molar-refractivity contribution in [2.75, 3.05) is 32.7 Å². The van der Waals surface area contributed by atoms with Crippen molar-refractivity contribution in [1.82, 2.24) is 10.2 Å². The van der Waals surface area contributed by atoms with Crippen LogP contribution in [0.15, 0.2) is 60.7 Å². The summed E-state index contributed by atoms with van der Waals surface area (Å²) >= 11 is 0. The topological polar surface area (TPSA) is 15.3 Å². The molecule has 0 bridgehead atoms. The molecule has 1 saturated heterocycles. The van der Waals surface area contributed by atoms with E-state index < -0.39 is 0 Å². The van der Waals surface area contributed by atoms with Gasteiger partial charge in [-0.3, -0.25) is 4.90 Å². The van der Waals surface area contributed by atoms with Crippen LogP contribution in [0.2, 0.25) is 0 Å². The lowest BCUT2D eigenvalue weighted by molar-refractivity contribution is 0.265. The molecule has 0 radical (unpaired) electrons. The van der Waals surface area contributed by atoms with E-state index in [1.807, 2.05) is 0 Å². The summed E-state index contributed by atoms with van der Waals surface area (Å²) < 4.78 is 0. The van der Waals surface area contributed by atoms with Gasteiger partial charge in [0.2, 0.25) is 0 Å². The van der Waals surface area contributed by atoms with Gasteiger partial charge in [0.15, 0.2) is 0 Å². The monoisotopic (exact) mass is 292 g/mol. The molecule has 0 aromatic heterocycles. The Bertz CT molecular complexity index is 625. The van der Waals surface area contributed by atoms with Gasteiger partial charge in [0.1, 0.15) is 0 Å². The van der Waals surface area contributed by atoms with Gasteiger partial charge in [0.05, 0.1) is 0 Å². The van der Waals surface area contributed by atoms with Crippen molar-refractivity contribution in [1.29, 1.82) is 0 Å². The molecule has 2 heteroatoms. The Morgan fingerprint density at radius 2 is 1.68 bits per heavy atom. The number of hydrogen-bond acceptors (Lipinski definition) is 2. The molecular formula is C20H24N2. The molecule has 0 spiro atoms. The molecule has 22 heavy (non-hydrogen) atoms. The Balaban J connectivity index is 1.81. The summed E-state index contributed by atoms with van der Waals surface area (Å²) in [4.78, 5) is 2.51. The van der Waals surface area contributed by atoms with E-state index in [-0.39, 0.29) is 0 Å². The van der Waals surface area contributed by atoms with Crippen molar-refractivity contribution < 1.29 is 0 Å². The second-order valence-electron chi connectivity index (χ2n) is 5.85. The molecule has 0 amide bonds. The van der Waals surface area contributed by atoms with Gasteiger partial charge in [-0.05, 0) is 29.2 Å². The van der Waals surface area contributed by atoms with Gasteiger partial charge in [0.25, 0.3) is 0 Å². The zero-order valence-electron chi connectivity index (χ0n) is 13.3. The molecule has 1 aliphatic rings. The van der Waals surface area contributed by atoms with Crippen LogP contribution in [0.4, 0.5) is 0 Å². The number of nitrogens with zero attached hydrogens (tertiary/aromatic N) is 1. The third kappa shape index (κ3) is 3.65. The number of nitrogens with one attached hydrogen (secondary N) is 1. The van der Waals surface area contributed by atoms with Crippen LogP contribution in [0, 0.1) is 0 Å². The number of benzene rings is 2. The highest BCUT2D eigenvalue weighted by Crippen LogP contribution is 2.28. The minimum Gasteiger partial charge on any atom is -0.314 e. The molecule has 114 valence electrons. The molecule has 1 heterocycles. The minimum atomic E-state index is 1.04. The first kappa shape index (κ1) is 15.0. The van der Waals surface area contributed by atoms with Crippen LogP contribution in [0.1, 0.15) is 12.5 Å². The maximum atomic E-state index is 3.40. The average Bonchev–Trinajstić information content (AvgIpc) is 2.61. The molecular weight excluding hydrogens is 268 g/mol. The van der Waals surface area contributed by atoms with Crippen molar-refractivity contribution in [3.8, 4) is 11.1 Å². The molecule has 0 aliphatic carbocycles. The molecule has 1 fully saturated rings. The van der Waals surface area contributed by atoms with Crippen molar-refractivity contribution >= 4 is 5.57 Å². The van der Waals surface area contributed by atoms with Crippen molar-refractivity contribution in [2.45, 2.75) is 6.92 Å². The van der Waals surface area contributed by atoms with Gasteiger partial charge in [-0.15, -0.1) is 0 Å². The fraction of sp³-hybridized carbons (Fsp3) is 0.300. The fourth-order valence-electron chi connectivity index (χ4n) is 2.97. The zero-order valence-corrected chi connectivity index (χ0v) is 13.3. The molecule has 3 rings (SSSR count). The van der Waals surface area contributed by atoms with E-state index in [2.05, 4.69) is 77.8 Å². The Kier molecular flexibility index (Phi) is 5.04. The van der Waals surface area contributed by atoms with Gasteiger partial charge in [-0.2, -0.15) is 0 Å². The lowest BCUT2D eigenvalue weighted by Crippen LogP contribution is -2.43. The third-order valence-electron chi connectivity index (χ3n) is 4.30. The van der Waals surface area contributed by atoms with Crippen LogP contribution >= 0.6 is 0 Å². The molecule has 1 aliphatic heterocycles. The van der Waals surface area contributed by atoms with Crippen molar-refractivity contribution in [2.24, 2.45) is 0 Å². The van der Waals surface area contributed by atoms with E-state index in [1.165, 1.54) is 22.3 Å². The first-order valence-corrected chi connectivity index (χ1v) is 8.09. The molecule has 2 aromatic rings. The summed E-state index contributed by atoms with van der Waals surface area (Å²) in [7, 11) is 0. The maximum Gasteiger partial charge on any atom is 0.0170 e. The lowest BCUT2D eigenvalue weighted by atomic mass is 9.95. The van der Waals surface area contributed by atoms with Crippen molar-refractivity contribution in [3.63, 3.8) is 0 Å². The van der Waals surface area contributed by atoms with Crippen molar-refractivity contribution in [3.05, 3.63) is 66.2 Å². The first-order chi connectivity index (χ1) is 10.8. The van der Waals surface area contributed by atoms with Crippen LogP contribution in [-0.4, -0.2) is 37.6 Å². The van der Waals surface area contributed by atoms with E-state index in [1.54, 1.807) is 0 Å². The van der Waals surface area contributed by atoms with Crippen LogP contribution < -0.4 is 5.32 Å². The number of piperazine rings is 1. The quantitative estimate of drug-likeness (QED) is 0.925. The minimum absolute atomic E-state index is 1.04. The zero-order chi connectivity index (χ0) is 15.2. The lowest BCUT2D eigenvalue weighted by Gasteiger charge is -2.26. The summed E-state index contributed by atoms with van der Waals surface area (Å²) in [6.45, 7) is 7.76. The number of rotatable bonds is 4. The molecule has 2 aromatic carbocycles. The largest absolute Gasteiger partial charge is 0.314 e. The summed E-state index contributed by atoms with van der Waals surface area (Å²) in [5.74, 6) is 0. The Morgan fingerprint density at radius 1 is 1.00 bits per heavy atom. The van der Waals surface area contributed by atoms with Gasteiger partial charge in [-0.25, -0.2) is 0 Å². The van der Waals surface area contributed by atoms with E-state index in [4.69, 9.17) is 0 Å². The fourth-order valence-corrected chi connectivity index (χ4v) is 2.97. The van der Waals surface area contributed by atoms with Gasteiger partial charge >= 0.3 is 0 Å². The van der Waals surface area contributed by atoms with E-state index >= 15 is 0 Å². The summed E-state index contributed by atoms with van der Waals surface area (Å²) in [5, 5.41) is 3.40. The van der Waals surface area contributed by atoms with Crippen LogP contribution in [0.25, 0.3) is 16.7 Å². The highest BCUT2D eigenvalue weighted by Gasteiger charge is 2.09. The number of allylic oxidation sites excluding steroid dienone is 1. The molecule has 2 nitrogen and oxygen atoms in total. The highest BCUT2D eigenvalue weighted by atomic mass is 15.2. The van der Waals surface area contributed by atoms with Crippen LogP contribution in [0.5, 0.6) is 0 Å². The third-order valence-corrected chi connectivity index (χ3v) is 4.30. The average molecular weight is 292 g/mol. The van der Waals surface area contributed by atoms with Gasteiger partial charge in [-0.1, -0.05) is 60.7 Å². The van der Waals surface area contributed by atoms with E-state index in [0.717, 1.165) is 32.7 Å². The SMILES string of the molecule is CC(=CCN1CCNCC1)c1ccccc1-c1ccccc1. The summed E-state index contributed by atoms with van der Waals surface area (Å²) in [6, 6.07) is 19.3. The van der Waals surface area contributed by atoms with Gasteiger partial charge < -0.3 is 5.32 Å². The Labute approximate surface area is 133 Å². The van der Waals surface area contributed by atoms with Gasteiger partial charge in [0, 0.05) is 32.7 Å². The highest BCUT2D eigenvalue weighted by molar-refractivity contribution is 5.80. The predicted octanol–water partition coefficient (Wildman–Crippen LogP) is 3.66. The standard InChI is InChI=1S/C20H24N2/c1-17(11-14-22-15-12-21-13-16-22)19-9-5-6-10-20(19)18-7-3-2-4-8-18/h2-11,21H,12-16H2,1H3. The van der Waals surface area contributed by atoms with E-state index in [9.17, 15) is 0 Å². The Morgan fingerprint density at radius 3 is 2.45 bits per heavy atom. The second-order valence-corrected chi connectivity index (χ2v) is 5.85. The second kappa shape index (κ2) is 7.39. The smallest absolute Gasteiger partial charge is 0.0170 e. The predicted molar refractivity (Wildman–Crippen MR) is 94.8 cm³/mol. The maximum absolute atomic E-state index is 3.40. The first-order valence-electron chi connectivity index (χ1n) is 8.09. The molecule has 0 saturated carbocycles. The van der Waals surface area contributed by atoms with E-state index in [0.29, 0.717) is 0 Å². The summed E-state index contributed by atoms with van der Waals surface area (Å²) in [6.07, 6.45) is 2.37. The van der Waals surface area contributed by atoms with Crippen LogP contribution in [0.3, 0.4) is 0 Å². The van der Waals surface area contributed by atoms with Crippen LogP contribution in [-0.2, 0) is 0 Å². The molecule has 0 atom stereocenters. The number of hydrogen-bond donors (Lipinski definition) is 1. The summed E-state index contributed by atoms with van der Waals surface area (Å²) in [5.41, 5.74) is 5.30.